The molecule has 6 atom stereocenters. The normalized spacial score (nSPS) is 23.6. The van der Waals surface area contributed by atoms with Gasteiger partial charge in [-0.3, -0.25) is 39.0 Å². The molecule has 0 spiro atoms. The lowest BCUT2D eigenvalue weighted by Crippen LogP contribution is -2.62. The summed E-state index contributed by atoms with van der Waals surface area (Å²) in [5.41, 5.74) is 8.96. The van der Waals surface area contributed by atoms with E-state index >= 15 is 0 Å². The molecule has 16 nitrogen and oxygen atoms in total. The summed E-state index contributed by atoms with van der Waals surface area (Å²) in [5, 5.41) is 5.13. The monoisotopic (exact) mass is 897 g/mol. The van der Waals surface area contributed by atoms with Crippen LogP contribution in [0.4, 0.5) is 0 Å². The minimum absolute atomic E-state index is 0.0995. The standard InChI is InChI=1S/C47H63N9O7S/c1-10-38(57)54-21-18-29(24-54)44(59)53(8)41(27(3)4)43(58)51-34-22-37-49-35(25-64-37)32-16-17-36-40(50-32)31(42(55(36)11-2)30-14-12-19-48-39(30)28(5)62-9)23-47(6,7)26-63-46(61)33-15-13-20-56(52-33)45(34)60/h10,12,14,16-17,19,27-29,33-35,41,52H,1,11,13,15,18,20-26H2,2-9H3,(H,51,58)/t28-,29?,33-,34-,35?,41-/m0/s1. The molecule has 6 bridgehead atoms. The number of aliphatic imine (C=N–C) groups is 1. The number of carbonyl (C=O) groups is 5. The molecule has 64 heavy (non-hydrogen) atoms. The van der Waals surface area contributed by atoms with E-state index < -0.39 is 47.2 Å². The molecule has 344 valence electrons. The average Bonchev–Trinajstić information content (AvgIpc) is 4.05. The Hall–Kier alpha value is -5.13. The molecule has 3 aromatic heterocycles. The Kier molecular flexibility index (Phi) is 14.3. The van der Waals surface area contributed by atoms with Crippen molar-refractivity contribution in [3.8, 4) is 11.3 Å². The van der Waals surface area contributed by atoms with Crippen LogP contribution in [0.25, 0.3) is 22.3 Å². The first-order valence-corrected chi connectivity index (χ1v) is 23.5. The zero-order chi connectivity index (χ0) is 46.0. The van der Waals surface area contributed by atoms with Crippen molar-refractivity contribution in [2.24, 2.45) is 22.2 Å². The lowest BCUT2D eigenvalue weighted by atomic mass is 9.85. The van der Waals surface area contributed by atoms with Crippen molar-refractivity contribution in [3.05, 3.63) is 60.1 Å². The average molecular weight is 898 g/mol. The van der Waals surface area contributed by atoms with Crippen LogP contribution >= 0.6 is 11.8 Å². The van der Waals surface area contributed by atoms with Crippen molar-refractivity contribution in [2.75, 3.05) is 46.2 Å². The van der Waals surface area contributed by atoms with Crippen molar-refractivity contribution in [1.29, 1.82) is 0 Å². The van der Waals surface area contributed by atoms with Crippen LogP contribution in [0.2, 0.25) is 0 Å². The molecule has 2 saturated heterocycles. The second kappa shape index (κ2) is 19.5. The van der Waals surface area contributed by atoms with Gasteiger partial charge in [-0.2, -0.15) is 0 Å². The lowest BCUT2D eigenvalue weighted by molar-refractivity contribution is -0.155. The predicted molar refractivity (Wildman–Crippen MR) is 246 cm³/mol. The second-order valence-electron chi connectivity index (χ2n) is 18.5. The van der Waals surface area contributed by atoms with Crippen molar-refractivity contribution >= 4 is 57.4 Å². The molecule has 0 aliphatic carbocycles. The van der Waals surface area contributed by atoms with Crippen molar-refractivity contribution < 1.29 is 33.4 Å². The summed E-state index contributed by atoms with van der Waals surface area (Å²) >= 11 is 1.53. The number of amides is 4. The van der Waals surface area contributed by atoms with Crippen LogP contribution in [-0.2, 0) is 46.4 Å². The number of rotatable bonds is 10. The van der Waals surface area contributed by atoms with Crippen LogP contribution < -0.4 is 10.7 Å². The maximum atomic E-state index is 14.6. The summed E-state index contributed by atoms with van der Waals surface area (Å²) < 4.78 is 14.2. The summed E-state index contributed by atoms with van der Waals surface area (Å²) in [4.78, 5) is 87.3. The molecule has 4 aliphatic heterocycles. The molecule has 3 aromatic rings. The van der Waals surface area contributed by atoms with Crippen molar-refractivity contribution in [2.45, 2.75) is 110 Å². The fourth-order valence-electron chi connectivity index (χ4n) is 9.51. The third-order valence-electron chi connectivity index (χ3n) is 12.9. The third kappa shape index (κ3) is 9.62. The molecule has 4 amide bonds. The van der Waals surface area contributed by atoms with Gasteiger partial charge in [-0.15, -0.1) is 11.8 Å². The first-order valence-electron chi connectivity index (χ1n) is 22.5. The number of methoxy groups -OCH3 is 1. The Morgan fingerprint density at radius 3 is 2.66 bits per heavy atom. The molecule has 2 N–H and O–H groups in total. The number of nitrogens with one attached hydrogen (secondary N) is 2. The topological polar surface area (TPSA) is 181 Å². The number of hydrogen-bond acceptors (Lipinski definition) is 12. The fourth-order valence-corrected chi connectivity index (χ4v) is 10.6. The number of thioether (sulfide) groups is 1. The summed E-state index contributed by atoms with van der Waals surface area (Å²) in [5.74, 6) is -2.03. The quantitative estimate of drug-likeness (QED) is 0.206. The largest absolute Gasteiger partial charge is 0.464 e. The van der Waals surface area contributed by atoms with Crippen LogP contribution in [0.5, 0.6) is 0 Å². The molecule has 0 aromatic carbocycles. The molecule has 2 fully saturated rings. The molecule has 2 unspecified atom stereocenters. The van der Waals surface area contributed by atoms with Gasteiger partial charge in [-0.25, -0.2) is 10.4 Å². The van der Waals surface area contributed by atoms with Gasteiger partial charge in [0.1, 0.15) is 24.2 Å². The van der Waals surface area contributed by atoms with E-state index in [-0.39, 0.29) is 49.5 Å². The molecular weight excluding hydrogens is 835 g/mol. The van der Waals surface area contributed by atoms with Crippen molar-refractivity contribution in [1.82, 2.24) is 40.1 Å². The van der Waals surface area contributed by atoms with Gasteiger partial charge in [0.2, 0.25) is 17.7 Å². The Morgan fingerprint density at radius 2 is 1.94 bits per heavy atom. The summed E-state index contributed by atoms with van der Waals surface area (Å²) in [7, 11) is 3.28. The summed E-state index contributed by atoms with van der Waals surface area (Å²) in [6.07, 6.45) is 4.86. The number of esters is 1. The zero-order valence-electron chi connectivity index (χ0n) is 38.4. The molecule has 17 heteroatoms. The lowest BCUT2D eigenvalue weighted by Gasteiger charge is -2.37. The number of aromatic nitrogens is 3. The summed E-state index contributed by atoms with van der Waals surface area (Å²) in [6, 6.07) is 5.06. The van der Waals surface area contributed by atoms with Crippen LogP contribution in [0.1, 0.15) is 96.3 Å². The first-order chi connectivity index (χ1) is 30.5. The molecular formula is C47H63N9O7S. The van der Waals surface area contributed by atoms with Gasteiger partial charge >= 0.3 is 5.97 Å². The van der Waals surface area contributed by atoms with Crippen LogP contribution in [0.15, 0.2) is 48.1 Å². The Morgan fingerprint density at radius 1 is 1.16 bits per heavy atom. The number of aryl methyl sites for hydroxylation is 1. The highest BCUT2D eigenvalue weighted by molar-refractivity contribution is 8.14. The number of carbonyl (C=O) groups excluding carboxylic acids is 5. The molecule has 0 saturated carbocycles. The Balaban J connectivity index is 1.25. The van der Waals surface area contributed by atoms with E-state index in [1.54, 1.807) is 25.3 Å². The molecule has 7 rings (SSSR count). The number of hydrazine groups is 1. The van der Waals surface area contributed by atoms with Gasteiger partial charge in [0.25, 0.3) is 5.91 Å². The number of hydrogen-bond donors (Lipinski definition) is 2. The van der Waals surface area contributed by atoms with E-state index in [4.69, 9.17) is 24.4 Å². The van der Waals surface area contributed by atoms with E-state index in [1.165, 1.54) is 27.7 Å². The smallest absolute Gasteiger partial charge is 0.324 e. The van der Waals surface area contributed by atoms with Gasteiger partial charge in [-0.1, -0.05) is 34.3 Å². The number of likely N-dealkylation sites (tertiary alicyclic amines) is 1. The van der Waals surface area contributed by atoms with E-state index in [1.807, 2.05) is 32.9 Å². The van der Waals surface area contributed by atoms with Crippen LogP contribution in [-0.4, -0.2) is 128 Å². The van der Waals surface area contributed by atoms with Crippen LogP contribution in [0, 0.1) is 17.3 Å². The molecule has 4 aliphatic rings. The predicted octanol–water partition coefficient (Wildman–Crippen LogP) is 5.03. The number of ether oxygens (including phenoxy) is 2. The third-order valence-corrected chi connectivity index (χ3v) is 14.0. The van der Waals surface area contributed by atoms with Gasteiger partial charge in [0.05, 0.1) is 51.8 Å². The zero-order valence-corrected chi connectivity index (χ0v) is 39.2. The number of cyclic esters (lactones) is 1. The van der Waals surface area contributed by atoms with Gasteiger partial charge in [0, 0.05) is 75.2 Å². The van der Waals surface area contributed by atoms with E-state index in [0.717, 1.165) is 39.2 Å². The molecule has 0 radical (unpaired) electrons. The SMILES string of the molecule is C=CC(=O)N1CCC(C(=O)N(C)[C@H](C(=O)N[C@H]2CC3=NC(CS3)c3ccc4c(n3)c(c(-c3cccnc3[C@H](C)OC)n4CC)CC(C)(C)COC(=O)[C@@H]3CCCN(N3)C2=O)C(C)C)C1. The van der Waals surface area contributed by atoms with E-state index in [9.17, 15) is 24.0 Å². The van der Waals surface area contributed by atoms with Gasteiger partial charge in [0.15, 0.2) is 0 Å². The minimum Gasteiger partial charge on any atom is -0.464 e. The van der Waals surface area contributed by atoms with Gasteiger partial charge in [-0.05, 0) is 75.8 Å². The van der Waals surface area contributed by atoms with Gasteiger partial charge < -0.3 is 29.2 Å². The highest BCUT2D eigenvalue weighted by Gasteiger charge is 2.41. The highest BCUT2D eigenvalue weighted by Crippen LogP contribution is 2.41. The highest BCUT2D eigenvalue weighted by atomic mass is 32.2. The Bertz CT molecular complexity index is 2330. The maximum absolute atomic E-state index is 14.6. The molecule has 7 heterocycles. The minimum atomic E-state index is -1.07. The number of nitrogens with zero attached hydrogens (tertiary/aromatic N) is 7. The van der Waals surface area contributed by atoms with Crippen LogP contribution in [0.3, 0.4) is 0 Å². The van der Waals surface area contributed by atoms with E-state index in [2.05, 4.69) is 54.8 Å². The Labute approximate surface area is 379 Å². The second-order valence-corrected chi connectivity index (χ2v) is 19.6. The number of pyridine rings is 2. The summed E-state index contributed by atoms with van der Waals surface area (Å²) in [6.45, 7) is 17.3. The van der Waals surface area contributed by atoms with Crippen molar-refractivity contribution in [3.63, 3.8) is 0 Å². The number of fused-ring (bicyclic) bond motifs is 5. The first kappa shape index (κ1) is 46.9. The maximum Gasteiger partial charge on any atom is 0.324 e. The number of likely N-dealkylation sites (N-methyl/N-ethyl adjacent to an activating group) is 1. The fraction of sp³-hybridized carbons (Fsp3) is 0.574. The van der Waals surface area contributed by atoms with E-state index in [0.29, 0.717) is 56.1 Å².